The molecule has 34 heavy (non-hydrogen) atoms. The molecule has 8 heteroatoms. The number of likely N-dealkylation sites (tertiary alicyclic amines) is 1. The maximum Gasteiger partial charge on any atom is 0.124 e. The molecule has 2 saturated heterocycles. The zero-order valence-corrected chi connectivity index (χ0v) is 20.7. The highest BCUT2D eigenvalue weighted by atomic mass is 32.1. The van der Waals surface area contributed by atoms with Crippen molar-refractivity contribution < 1.29 is 9.47 Å². The molecule has 2 fully saturated rings. The molecular formula is C26H35N5O2S. The van der Waals surface area contributed by atoms with Gasteiger partial charge in [-0.15, -0.1) is 11.3 Å². The van der Waals surface area contributed by atoms with Crippen LogP contribution in [0.2, 0.25) is 0 Å². The number of nitrogens with zero attached hydrogens (tertiary/aromatic N) is 3. The van der Waals surface area contributed by atoms with Crippen LogP contribution in [0.5, 0.6) is 5.75 Å². The van der Waals surface area contributed by atoms with Crippen molar-refractivity contribution in [3.8, 4) is 16.3 Å². The van der Waals surface area contributed by atoms with Crippen molar-refractivity contribution in [2.24, 2.45) is 5.73 Å². The molecule has 3 N–H and O–H groups in total. The summed E-state index contributed by atoms with van der Waals surface area (Å²) in [5.41, 5.74) is 8.95. The zero-order chi connectivity index (χ0) is 23.3. The highest BCUT2D eigenvalue weighted by Crippen LogP contribution is 2.34. The van der Waals surface area contributed by atoms with Crippen molar-refractivity contribution in [1.82, 2.24) is 15.2 Å². The highest BCUT2D eigenvalue weighted by molar-refractivity contribution is 7.21. The van der Waals surface area contributed by atoms with E-state index in [1.165, 1.54) is 5.69 Å². The molecule has 0 radical (unpaired) electrons. The van der Waals surface area contributed by atoms with Crippen molar-refractivity contribution in [2.45, 2.75) is 25.0 Å². The van der Waals surface area contributed by atoms with E-state index in [4.69, 9.17) is 20.2 Å². The maximum absolute atomic E-state index is 6.40. The van der Waals surface area contributed by atoms with Crippen LogP contribution < -0.4 is 20.7 Å². The number of rotatable bonds is 10. The van der Waals surface area contributed by atoms with E-state index in [1.54, 1.807) is 18.4 Å². The number of fused-ring (bicyclic) bond motifs is 1. The molecule has 0 unspecified atom stereocenters. The lowest BCUT2D eigenvalue weighted by Gasteiger charge is -2.43. The molecule has 0 spiro atoms. The molecule has 0 amide bonds. The van der Waals surface area contributed by atoms with E-state index in [0.717, 1.165) is 85.2 Å². The van der Waals surface area contributed by atoms with Gasteiger partial charge in [-0.1, -0.05) is 0 Å². The van der Waals surface area contributed by atoms with Crippen molar-refractivity contribution in [3.05, 3.63) is 42.5 Å². The fraction of sp³-hybridized carbons (Fsp3) is 0.500. The van der Waals surface area contributed by atoms with Crippen molar-refractivity contribution in [1.29, 1.82) is 0 Å². The average Bonchev–Trinajstić information content (AvgIpc) is 3.28. The number of nitrogens with two attached hydrogens (primary N) is 1. The third-order valence-corrected chi connectivity index (χ3v) is 7.84. The van der Waals surface area contributed by atoms with Crippen LogP contribution in [-0.2, 0) is 4.74 Å². The summed E-state index contributed by atoms with van der Waals surface area (Å²) < 4.78 is 12.9. The van der Waals surface area contributed by atoms with E-state index < -0.39 is 0 Å². The van der Waals surface area contributed by atoms with E-state index in [2.05, 4.69) is 45.4 Å². The van der Waals surface area contributed by atoms with E-state index in [-0.39, 0.29) is 0 Å². The van der Waals surface area contributed by atoms with Crippen molar-refractivity contribution in [2.75, 3.05) is 64.4 Å². The number of piperidine rings is 1. The van der Waals surface area contributed by atoms with Crippen LogP contribution in [0.25, 0.3) is 20.8 Å². The Kier molecular flexibility index (Phi) is 7.61. The molecular weight excluding hydrogens is 446 g/mol. The highest BCUT2D eigenvalue weighted by Gasteiger charge is 2.31. The fourth-order valence-corrected chi connectivity index (χ4v) is 5.71. The summed E-state index contributed by atoms with van der Waals surface area (Å²) >= 11 is 1.70. The van der Waals surface area contributed by atoms with Gasteiger partial charge < -0.3 is 30.3 Å². The summed E-state index contributed by atoms with van der Waals surface area (Å²) in [7, 11) is 1.70. The quantitative estimate of drug-likeness (QED) is 0.431. The van der Waals surface area contributed by atoms with Crippen LogP contribution in [0.1, 0.15) is 12.8 Å². The number of methoxy groups -OCH3 is 1. The molecule has 3 aromatic rings. The first-order chi connectivity index (χ1) is 16.7. The standard InChI is InChI=1S/C26H35N5O2S/c1-32-22-6-7-24-25(16-22)34-26(29-24)19-2-4-20(5-3-19)31-17-23(18-31)33-21-8-13-30(14-9-21)15-12-28-11-10-27/h2-7,16,21,23,28H,8-15,17-18,27H2,1H3. The number of hydrogen-bond acceptors (Lipinski definition) is 8. The van der Waals surface area contributed by atoms with Crippen molar-refractivity contribution in [3.63, 3.8) is 0 Å². The van der Waals surface area contributed by atoms with E-state index >= 15 is 0 Å². The SMILES string of the molecule is COc1ccc2nc(-c3ccc(N4CC(OC5CCN(CCNCCN)CC5)C4)cc3)sc2c1. The Morgan fingerprint density at radius 1 is 1.06 bits per heavy atom. The van der Waals surface area contributed by atoms with Gasteiger partial charge in [0.1, 0.15) is 10.8 Å². The summed E-state index contributed by atoms with van der Waals surface area (Å²) in [5, 5.41) is 4.42. The summed E-state index contributed by atoms with van der Waals surface area (Å²) in [6.07, 6.45) is 3.02. The number of benzene rings is 2. The van der Waals surface area contributed by atoms with Gasteiger partial charge >= 0.3 is 0 Å². The van der Waals surface area contributed by atoms with Gasteiger partial charge in [-0.3, -0.25) is 0 Å². The fourth-order valence-electron chi connectivity index (χ4n) is 4.71. The Morgan fingerprint density at radius 3 is 2.59 bits per heavy atom. The minimum absolute atomic E-state index is 0.349. The lowest BCUT2D eigenvalue weighted by Crippen LogP contribution is -2.54. The molecule has 2 aromatic carbocycles. The van der Waals surface area contributed by atoms with Gasteiger partial charge in [-0.2, -0.15) is 0 Å². The van der Waals surface area contributed by atoms with Crippen LogP contribution in [0, 0.1) is 0 Å². The van der Waals surface area contributed by atoms with Gasteiger partial charge in [-0.05, 0) is 55.3 Å². The number of ether oxygens (including phenoxy) is 2. The molecule has 1 aromatic heterocycles. The average molecular weight is 482 g/mol. The number of thiazole rings is 1. The summed E-state index contributed by atoms with van der Waals surface area (Å²) in [6, 6.07) is 14.8. The largest absolute Gasteiger partial charge is 0.497 e. The first-order valence-corrected chi connectivity index (χ1v) is 13.1. The molecule has 0 aliphatic carbocycles. The van der Waals surface area contributed by atoms with Crippen LogP contribution in [0.4, 0.5) is 5.69 Å². The van der Waals surface area contributed by atoms with E-state index in [0.29, 0.717) is 18.8 Å². The maximum atomic E-state index is 6.40. The third kappa shape index (κ3) is 5.53. The van der Waals surface area contributed by atoms with Crippen molar-refractivity contribution >= 4 is 27.2 Å². The van der Waals surface area contributed by atoms with Crippen LogP contribution >= 0.6 is 11.3 Å². The number of hydrogen-bond donors (Lipinski definition) is 2. The first kappa shape index (κ1) is 23.5. The Balaban J connectivity index is 1.07. The summed E-state index contributed by atoms with van der Waals surface area (Å²) in [6.45, 7) is 7.94. The molecule has 0 bridgehead atoms. The molecule has 182 valence electrons. The molecule has 3 heterocycles. The van der Waals surface area contributed by atoms with Crippen LogP contribution in [0.3, 0.4) is 0 Å². The molecule has 7 nitrogen and oxygen atoms in total. The second kappa shape index (κ2) is 11.0. The van der Waals surface area contributed by atoms with Gasteiger partial charge in [0.2, 0.25) is 0 Å². The number of aromatic nitrogens is 1. The number of nitrogens with one attached hydrogen (secondary N) is 1. The van der Waals surface area contributed by atoms with Gasteiger partial charge in [0.15, 0.2) is 0 Å². The lowest BCUT2D eigenvalue weighted by molar-refractivity contribution is -0.0524. The third-order valence-electron chi connectivity index (χ3n) is 6.77. The van der Waals surface area contributed by atoms with E-state index in [1.807, 2.05) is 12.1 Å². The summed E-state index contributed by atoms with van der Waals surface area (Å²) in [4.78, 5) is 9.72. The smallest absolute Gasteiger partial charge is 0.124 e. The molecule has 2 aliphatic rings. The Morgan fingerprint density at radius 2 is 1.85 bits per heavy atom. The monoisotopic (exact) mass is 481 g/mol. The van der Waals surface area contributed by atoms with Crippen LogP contribution in [0.15, 0.2) is 42.5 Å². The van der Waals surface area contributed by atoms with Gasteiger partial charge in [-0.25, -0.2) is 4.98 Å². The normalized spacial score (nSPS) is 17.9. The molecule has 2 aliphatic heterocycles. The predicted molar refractivity (Wildman–Crippen MR) is 140 cm³/mol. The molecule has 0 atom stereocenters. The molecule has 0 saturated carbocycles. The minimum Gasteiger partial charge on any atom is -0.497 e. The predicted octanol–water partition coefficient (Wildman–Crippen LogP) is 3.19. The zero-order valence-electron chi connectivity index (χ0n) is 19.9. The summed E-state index contributed by atoms with van der Waals surface area (Å²) in [5.74, 6) is 0.869. The van der Waals surface area contributed by atoms with Gasteiger partial charge in [0.05, 0.1) is 29.5 Å². The minimum atomic E-state index is 0.349. The topological polar surface area (TPSA) is 75.9 Å². The van der Waals surface area contributed by atoms with E-state index in [9.17, 15) is 0 Å². The second-order valence-corrected chi connectivity index (χ2v) is 10.2. The Labute approximate surface area is 205 Å². The van der Waals surface area contributed by atoms with Crippen LogP contribution in [-0.4, -0.2) is 81.6 Å². The first-order valence-electron chi connectivity index (χ1n) is 12.3. The van der Waals surface area contributed by atoms with Gasteiger partial charge in [0, 0.05) is 63.6 Å². The lowest BCUT2D eigenvalue weighted by atomic mass is 10.1. The molecule has 5 rings (SSSR count). The Hall–Kier alpha value is -2.23. The second-order valence-electron chi connectivity index (χ2n) is 9.14. The Bertz CT molecular complexity index is 1060. The number of anilines is 1. The van der Waals surface area contributed by atoms with Gasteiger partial charge in [0.25, 0.3) is 0 Å².